The van der Waals surface area contributed by atoms with Crippen molar-refractivity contribution >= 4 is 5.96 Å². The molecule has 0 aromatic carbocycles. The number of rotatable bonds is 11. The molecule has 0 spiro atoms. The first-order valence-corrected chi connectivity index (χ1v) is 9.77. The molecule has 6 nitrogen and oxygen atoms in total. The van der Waals surface area contributed by atoms with Gasteiger partial charge in [-0.15, -0.1) is 0 Å². The molecule has 1 atom stereocenters. The maximum Gasteiger partial charge on any atom is 0.191 e. The molecule has 0 amide bonds. The Balaban J connectivity index is 2.26. The summed E-state index contributed by atoms with van der Waals surface area (Å²) in [5, 5.41) is 6.81. The molecule has 0 aromatic rings. The molecule has 1 unspecified atom stereocenters. The fraction of sp³-hybridized carbons (Fsp3) is 0.944. The van der Waals surface area contributed by atoms with E-state index in [-0.39, 0.29) is 0 Å². The molecule has 1 aliphatic rings. The van der Waals surface area contributed by atoms with Crippen LogP contribution < -0.4 is 10.6 Å². The zero-order valence-electron chi connectivity index (χ0n) is 16.3. The van der Waals surface area contributed by atoms with Gasteiger partial charge in [0.15, 0.2) is 5.96 Å². The van der Waals surface area contributed by atoms with Gasteiger partial charge in [-0.3, -0.25) is 9.89 Å². The molecule has 1 rings (SSSR count). The van der Waals surface area contributed by atoms with E-state index in [0.717, 1.165) is 65.0 Å². The van der Waals surface area contributed by atoms with Crippen LogP contribution in [0.2, 0.25) is 0 Å². The Kier molecular flexibility index (Phi) is 11.9. The second kappa shape index (κ2) is 13.4. The summed E-state index contributed by atoms with van der Waals surface area (Å²) in [5.74, 6) is 0.945. The van der Waals surface area contributed by atoms with Gasteiger partial charge in [0.2, 0.25) is 0 Å². The normalized spacial score (nSPS) is 18.0. The van der Waals surface area contributed by atoms with Gasteiger partial charge in [-0.2, -0.15) is 0 Å². The highest BCUT2D eigenvalue weighted by molar-refractivity contribution is 5.79. The summed E-state index contributed by atoms with van der Waals surface area (Å²) in [5.41, 5.74) is 0. The van der Waals surface area contributed by atoms with Gasteiger partial charge in [-0.1, -0.05) is 13.8 Å². The quantitative estimate of drug-likeness (QED) is 0.338. The molecule has 0 saturated carbocycles. The Hall–Kier alpha value is -0.850. The van der Waals surface area contributed by atoms with Crippen molar-refractivity contribution < 1.29 is 4.74 Å². The lowest BCUT2D eigenvalue weighted by atomic mass is 10.2. The molecule has 1 fully saturated rings. The number of nitrogens with one attached hydrogen (secondary N) is 2. The van der Waals surface area contributed by atoms with Crippen LogP contribution in [0.15, 0.2) is 4.99 Å². The third-order valence-corrected chi connectivity index (χ3v) is 4.61. The summed E-state index contributed by atoms with van der Waals surface area (Å²) < 4.78 is 5.42. The Morgan fingerprint density at radius 1 is 1.12 bits per heavy atom. The minimum absolute atomic E-state index is 0.465. The van der Waals surface area contributed by atoms with Crippen molar-refractivity contribution in [2.45, 2.75) is 46.6 Å². The standard InChI is InChI=1S/C18H39N5O/c1-5-19-18(20-10-8-9-11-22(6-2)7-3)21-16-17(4)23-12-14-24-15-13-23/h17H,5-16H2,1-4H3,(H2,19,20,21). The summed E-state index contributed by atoms with van der Waals surface area (Å²) in [7, 11) is 0. The fourth-order valence-corrected chi connectivity index (χ4v) is 2.91. The number of guanidine groups is 1. The van der Waals surface area contributed by atoms with E-state index >= 15 is 0 Å². The Labute approximate surface area is 149 Å². The van der Waals surface area contributed by atoms with Crippen LogP contribution in [0, 0.1) is 0 Å². The van der Waals surface area contributed by atoms with Crippen molar-refractivity contribution in [1.82, 2.24) is 20.4 Å². The molecule has 1 aliphatic heterocycles. The minimum Gasteiger partial charge on any atom is -0.379 e. The van der Waals surface area contributed by atoms with Gasteiger partial charge < -0.3 is 20.3 Å². The Morgan fingerprint density at radius 3 is 2.46 bits per heavy atom. The Morgan fingerprint density at radius 2 is 1.83 bits per heavy atom. The molecule has 1 saturated heterocycles. The highest BCUT2D eigenvalue weighted by Crippen LogP contribution is 2.03. The summed E-state index contributed by atoms with van der Waals surface area (Å²) in [6.07, 6.45) is 2.41. The van der Waals surface area contributed by atoms with Gasteiger partial charge in [0, 0.05) is 32.2 Å². The second-order valence-electron chi connectivity index (χ2n) is 6.38. The molecular weight excluding hydrogens is 302 g/mol. The highest BCUT2D eigenvalue weighted by Gasteiger charge is 2.16. The van der Waals surface area contributed by atoms with Crippen molar-refractivity contribution in [2.24, 2.45) is 4.99 Å². The van der Waals surface area contributed by atoms with Crippen LogP contribution in [0.25, 0.3) is 0 Å². The monoisotopic (exact) mass is 341 g/mol. The van der Waals surface area contributed by atoms with Crippen LogP contribution in [-0.4, -0.2) is 87.4 Å². The molecule has 142 valence electrons. The molecule has 0 aromatic heterocycles. The molecule has 0 bridgehead atoms. The topological polar surface area (TPSA) is 52.1 Å². The zero-order chi connectivity index (χ0) is 17.6. The summed E-state index contributed by atoms with van der Waals surface area (Å²) in [6, 6.07) is 0.465. The lowest BCUT2D eigenvalue weighted by Gasteiger charge is -2.31. The van der Waals surface area contributed by atoms with Gasteiger partial charge in [0.05, 0.1) is 19.8 Å². The molecule has 24 heavy (non-hydrogen) atoms. The molecular formula is C18H39N5O. The molecule has 1 heterocycles. The number of hydrogen-bond acceptors (Lipinski definition) is 4. The van der Waals surface area contributed by atoms with E-state index in [4.69, 9.17) is 9.73 Å². The summed E-state index contributed by atoms with van der Waals surface area (Å²) in [4.78, 5) is 9.69. The highest BCUT2D eigenvalue weighted by atomic mass is 16.5. The molecule has 2 N–H and O–H groups in total. The van der Waals surface area contributed by atoms with Crippen molar-refractivity contribution in [3.05, 3.63) is 0 Å². The van der Waals surface area contributed by atoms with E-state index in [1.54, 1.807) is 0 Å². The predicted octanol–water partition coefficient (Wildman–Crippen LogP) is 1.38. The third kappa shape index (κ3) is 8.85. The van der Waals surface area contributed by atoms with Crippen molar-refractivity contribution in [2.75, 3.05) is 65.6 Å². The largest absolute Gasteiger partial charge is 0.379 e. The van der Waals surface area contributed by atoms with Crippen LogP contribution >= 0.6 is 0 Å². The van der Waals surface area contributed by atoms with Crippen LogP contribution in [0.5, 0.6) is 0 Å². The molecule has 6 heteroatoms. The van der Waals surface area contributed by atoms with Crippen molar-refractivity contribution in [3.63, 3.8) is 0 Å². The number of nitrogens with zero attached hydrogens (tertiary/aromatic N) is 3. The van der Waals surface area contributed by atoms with Gasteiger partial charge >= 0.3 is 0 Å². The lowest BCUT2D eigenvalue weighted by molar-refractivity contribution is 0.0220. The van der Waals surface area contributed by atoms with E-state index in [1.807, 2.05) is 0 Å². The van der Waals surface area contributed by atoms with Crippen LogP contribution in [0.3, 0.4) is 0 Å². The van der Waals surface area contributed by atoms with E-state index in [9.17, 15) is 0 Å². The number of aliphatic imine (C=N–C) groups is 1. The average Bonchev–Trinajstić information content (AvgIpc) is 2.63. The average molecular weight is 342 g/mol. The molecule has 0 aliphatic carbocycles. The lowest BCUT2D eigenvalue weighted by Crippen LogP contribution is -2.44. The van der Waals surface area contributed by atoms with Crippen LogP contribution in [0.4, 0.5) is 0 Å². The van der Waals surface area contributed by atoms with Crippen LogP contribution in [0.1, 0.15) is 40.5 Å². The third-order valence-electron chi connectivity index (χ3n) is 4.61. The Bertz CT molecular complexity index is 327. The number of morpholine rings is 1. The maximum atomic E-state index is 5.42. The number of ether oxygens (including phenoxy) is 1. The maximum absolute atomic E-state index is 5.42. The minimum atomic E-state index is 0.465. The number of unbranched alkanes of at least 4 members (excludes halogenated alkanes) is 1. The van der Waals surface area contributed by atoms with Gasteiger partial charge in [0.1, 0.15) is 0 Å². The van der Waals surface area contributed by atoms with E-state index < -0.39 is 0 Å². The van der Waals surface area contributed by atoms with E-state index in [1.165, 1.54) is 19.4 Å². The summed E-state index contributed by atoms with van der Waals surface area (Å²) in [6.45, 7) is 18.8. The van der Waals surface area contributed by atoms with E-state index in [2.05, 4.69) is 48.1 Å². The van der Waals surface area contributed by atoms with Crippen molar-refractivity contribution in [3.8, 4) is 0 Å². The second-order valence-corrected chi connectivity index (χ2v) is 6.38. The van der Waals surface area contributed by atoms with Crippen LogP contribution in [-0.2, 0) is 4.74 Å². The zero-order valence-corrected chi connectivity index (χ0v) is 16.3. The predicted molar refractivity (Wildman–Crippen MR) is 103 cm³/mol. The van der Waals surface area contributed by atoms with E-state index in [0.29, 0.717) is 6.04 Å². The smallest absolute Gasteiger partial charge is 0.191 e. The SMILES string of the molecule is CCNC(=NCC(C)N1CCOCC1)NCCCCN(CC)CC. The summed E-state index contributed by atoms with van der Waals surface area (Å²) >= 11 is 0. The molecule has 0 radical (unpaired) electrons. The first-order chi connectivity index (χ1) is 11.7. The van der Waals surface area contributed by atoms with Crippen molar-refractivity contribution in [1.29, 1.82) is 0 Å². The first-order valence-electron chi connectivity index (χ1n) is 9.77. The first kappa shape index (κ1) is 21.2. The fourth-order valence-electron chi connectivity index (χ4n) is 2.91. The van der Waals surface area contributed by atoms with Gasteiger partial charge in [-0.25, -0.2) is 0 Å². The van der Waals surface area contributed by atoms with Gasteiger partial charge in [-0.05, 0) is 46.3 Å². The van der Waals surface area contributed by atoms with Gasteiger partial charge in [0.25, 0.3) is 0 Å². The number of hydrogen-bond donors (Lipinski definition) is 2.